The number of carbonyl (C=O) groups excluding carboxylic acids is 2. The van der Waals surface area contributed by atoms with E-state index in [4.69, 9.17) is 21.1 Å². The van der Waals surface area contributed by atoms with Crippen LogP contribution >= 0.6 is 11.6 Å². The van der Waals surface area contributed by atoms with Crippen molar-refractivity contribution in [1.29, 1.82) is 0 Å². The summed E-state index contributed by atoms with van der Waals surface area (Å²) in [5, 5.41) is 0.368. The average molecular weight is 427 g/mol. The van der Waals surface area contributed by atoms with E-state index < -0.39 is 5.97 Å². The molecule has 6 nitrogen and oxygen atoms in total. The van der Waals surface area contributed by atoms with Crippen molar-refractivity contribution in [3.8, 4) is 5.75 Å². The number of rotatable bonds is 5. The second kappa shape index (κ2) is 8.63. The number of halogens is 1. The Morgan fingerprint density at radius 2 is 1.77 bits per heavy atom. The van der Waals surface area contributed by atoms with Crippen molar-refractivity contribution in [2.24, 2.45) is 0 Å². The zero-order valence-electron chi connectivity index (χ0n) is 17.5. The van der Waals surface area contributed by atoms with Crippen LogP contribution in [0.4, 0.5) is 11.4 Å². The van der Waals surface area contributed by atoms with Crippen molar-refractivity contribution >= 4 is 40.9 Å². The van der Waals surface area contributed by atoms with Crippen molar-refractivity contribution in [2.45, 2.75) is 6.92 Å². The quantitative estimate of drug-likeness (QED) is 0.527. The topological polar surface area (TPSA) is 59.1 Å². The molecule has 1 heterocycles. The van der Waals surface area contributed by atoms with Gasteiger partial charge < -0.3 is 14.4 Å². The Bertz CT molecular complexity index is 1060. The number of esters is 1. The third-order valence-electron chi connectivity index (χ3n) is 4.90. The zero-order valence-corrected chi connectivity index (χ0v) is 18.3. The van der Waals surface area contributed by atoms with Gasteiger partial charge in [0.05, 0.1) is 36.1 Å². The van der Waals surface area contributed by atoms with Crippen LogP contribution in [0.1, 0.15) is 12.5 Å². The Labute approximate surface area is 180 Å². The lowest BCUT2D eigenvalue weighted by atomic mass is 10.0. The maximum Gasteiger partial charge on any atom is 0.340 e. The van der Waals surface area contributed by atoms with E-state index in [0.717, 1.165) is 11.3 Å². The van der Waals surface area contributed by atoms with Gasteiger partial charge in [-0.3, -0.25) is 9.69 Å². The van der Waals surface area contributed by atoms with Gasteiger partial charge in [-0.1, -0.05) is 23.7 Å². The SMILES string of the molecule is COC(=O)C1=C(C)N(c2ccc(OC)c(Cl)c2)C(=O)/C1=C/c1ccc(N(C)C)cc1. The number of methoxy groups -OCH3 is 2. The number of hydrogen-bond acceptors (Lipinski definition) is 5. The van der Waals surface area contributed by atoms with Crippen LogP contribution in [0.5, 0.6) is 5.75 Å². The van der Waals surface area contributed by atoms with Crippen LogP contribution in [-0.4, -0.2) is 40.2 Å². The minimum Gasteiger partial charge on any atom is -0.495 e. The van der Waals surface area contributed by atoms with Gasteiger partial charge in [0.1, 0.15) is 5.75 Å². The first-order valence-corrected chi connectivity index (χ1v) is 9.63. The fourth-order valence-electron chi connectivity index (χ4n) is 3.32. The lowest BCUT2D eigenvalue weighted by Gasteiger charge is -2.19. The highest BCUT2D eigenvalue weighted by molar-refractivity contribution is 6.32. The van der Waals surface area contributed by atoms with Crippen molar-refractivity contribution in [1.82, 2.24) is 0 Å². The maximum atomic E-state index is 13.3. The number of allylic oxidation sites excluding steroid dienone is 1. The van der Waals surface area contributed by atoms with Crippen molar-refractivity contribution in [2.75, 3.05) is 38.1 Å². The first kappa shape index (κ1) is 21.5. The van der Waals surface area contributed by atoms with Crippen molar-refractivity contribution < 1.29 is 19.1 Å². The van der Waals surface area contributed by atoms with Gasteiger partial charge >= 0.3 is 5.97 Å². The molecule has 156 valence electrons. The monoisotopic (exact) mass is 426 g/mol. The molecule has 1 aliphatic heterocycles. The molecule has 0 radical (unpaired) electrons. The van der Waals surface area contributed by atoms with E-state index in [-0.39, 0.29) is 17.1 Å². The molecule has 2 aromatic rings. The van der Waals surface area contributed by atoms with E-state index in [2.05, 4.69) is 0 Å². The minimum atomic E-state index is -0.570. The molecule has 7 heteroatoms. The predicted octanol–water partition coefficient (Wildman–Crippen LogP) is 4.29. The summed E-state index contributed by atoms with van der Waals surface area (Å²) in [6.45, 7) is 1.71. The van der Waals surface area contributed by atoms with Gasteiger partial charge in [-0.2, -0.15) is 0 Å². The van der Waals surface area contributed by atoms with Crippen LogP contribution in [0.15, 0.2) is 59.3 Å². The van der Waals surface area contributed by atoms with Gasteiger partial charge in [-0.25, -0.2) is 4.79 Å². The fourth-order valence-corrected chi connectivity index (χ4v) is 3.57. The van der Waals surface area contributed by atoms with E-state index in [1.54, 1.807) is 31.2 Å². The molecule has 0 bridgehead atoms. The van der Waals surface area contributed by atoms with Gasteiger partial charge in [0.2, 0.25) is 0 Å². The summed E-state index contributed by atoms with van der Waals surface area (Å²) >= 11 is 6.25. The number of carbonyl (C=O) groups is 2. The van der Waals surface area contributed by atoms with E-state index in [1.807, 2.05) is 43.3 Å². The molecule has 0 unspecified atom stereocenters. The molecular formula is C23H23ClN2O4. The van der Waals surface area contributed by atoms with Crippen molar-refractivity contribution in [3.63, 3.8) is 0 Å². The summed E-state index contributed by atoms with van der Waals surface area (Å²) in [5.41, 5.74) is 3.34. The average Bonchev–Trinajstić information content (AvgIpc) is 2.97. The third-order valence-corrected chi connectivity index (χ3v) is 5.20. The number of hydrogen-bond donors (Lipinski definition) is 0. The largest absolute Gasteiger partial charge is 0.495 e. The molecule has 3 rings (SSSR count). The van der Waals surface area contributed by atoms with Gasteiger partial charge in [0, 0.05) is 25.5 Å². The third kappa shape index (κ3) is 3.91. The Morgan fingerprint density at radius 1 is 1.10 bits per heavy atom. The number of amides is 1. The van der Waals surface area contributed by atoms with Gasteiger partial charge in [0.25, 0.3) is 5.91 Å². The summed E-state index contributed by atoms with van der Waals surface area (Å²) in [5.74, 6) is -0.399. The van der Waals surface area contributed by atoms with Crippen LogP contribution < -0.4 is 14.5 Å². The summed E-state index contributed by atoms with van der Waals surface area (Å²) in [6, 6.07) is 12.7. The van der Waals surface area contributed by atoms with Crippen LogP contribution in [-0.2, 0) is 14.3 Å². The summed E-state index contributed by atoms with van der Waals surface area (Å²) in [6.07, 6.45) is 1.70. The zero-order chi connectivity index (χ0) is 22.0. The molecule has 0 N–H and O–H groups in total. The fraction of sp³-hybridized carbons (Fsp3) is 0.217. The van der Waals surface area contributed by atoms with E-state index in [0.29, 0.717) is 22.2 Å². The molecule has 1 aliphatic rings. The van der Waals surface area contributed by atoms with Gasteiger partial charge in [-0.05, 0) is 48.9 Å². The number of anilines is 2. The summed E-state index contributed by atoms with van der Waals surface area (Å²) in [4.78, 5) is 29.3. The van der Waals surface area contributed by atoms with Gasteiger partial charge in [0.15, 0.2) is 0 Å². The molecular weight excluding hydrogens is 404 g/mol. The second-order valence-corrected chi connectivity index (χ2v) is 7.36. The first-order valence-electron chi connectivity index (χ1n) is 9.25. The molecule has 0 fully saturated rings. The smallest absolute Gasteiger partial charge is 0.340 e. The Hall–Kier alpha value is -3.25. The van der Waals surface area contributed by atoms with Crippen LogP contribution in [0, 0.1) is 0 Å². The summed E-state index contributed by atoms with van der Waals surface area (Å²) in [7, 11) is 6.72. The highest BCUT2D eigenvalue weighted by Gasteiger charge is 2.38. The maximum absolute atomic E-state index is 13.3. The Balaban J connectivity index is 2.08. The number of ether oxygens (including phenoxy) is 2. The standard InChI is InChI=1S/C23H23ClN2O4/c1-14-21(23(28)30-5)18(12-15-6-8-16(9-7-15)25(2)3)22(27)26(14)17-10-11-20(29-4)19(24)13-17/h6-13H,1-5H3/b18-12+. The highest BCUT2D eigenvalue weighted by Crippen LogP contribution is 2.38. The lowest BCUT2D eigenvalue weighted by molar-refractivity contribution is -0.136. The second-order valence-electron chi connectivity index (χ2n) is 6.96. The minimum absolute atomic E-state index is 0.228. The number of nitrogens with zero attached hydrogens (tertiary/aromatic N) is 2. The molecule has 0 saturated heterocycles. The highest BCUT2D eigenvalue weighted by atomic mass is 35.5. The molecule has 0 aromatic heterocycles. The number of benzene rings is 2. The van der Waals surface area contributed by atoms with Crippen LogP contribution in [0.3, 0.4) is 0 Å². The molecule has 1 amide bonds. The Kier molecular flexibility index (Phi) is 6.17. The Morgan fingerprint density at radius 3 is 2.30 bits per heavy atom. The van der Waals surface area contributed by atoms with Crippen LogP contribution in [0.25, 0.3) is 6.08 Å². The van der Waals surface area contributed by atoms with Crippen LogP contribution in [0.2, 0.25) is 5.02 Å². The first-order chi connectivity index (χ1) is 14.3. The molecule has 0 spiro atoms. The normalized spacial score (nSPS) is 15.1. The molecule has 0 aliphatic carbocycles. The molecule has 0 atom stereocenters. The molecule has 0 saturated carbocycles. The van der Waals surface area contributed by atoms with Crippen molar-refractivity contribution in [3.05, 3.63) is 69.9 Å². The van der Waals surface area contributed by atoms with E-state index in [1.165, 1.54) is 19.1 Å². The summed E-state index contributed by atoms with van der Waals surface area (Å²) < 4.78 is 10.1. The predicted molar refractivity (Wildman–Crippen MR) is 119 cm³/mol. The van der Waals surface area contributed by atoms with Gasteiger partial charge in [-0.15, -0.1) is 0 Å². The van der Waals surface area contributed by atoms with E-state index >= 15 is 0 Å². The molecule has 2 aromatic carbocycles. The lowest BCUT2D eigenvalue weighted by Crippen LogP contribution is -2.24. The van der Waals surface area contributed by atoms with E-state index in [9.17, 15) is 9.59 Å². The molecule has 30 heavy (non-hydrogen) atoms.